The number of benzene rings is 3. The van der Waals surface area contributed by atoms with Crippen LogP contribution in [0.1, 0.15) is 11.1 Å². The van der Waals surface area contributed by atoms with Crippen LogP contribution in [-0.2, 0) is 13.6 Å². The fraction of sp³-hybridized carbons (Fsp3) is 0.0833. The number of rotatable bonds is 5. The molecule has 142 valence electrons. The van der Waals surface area contributed by atoms with Crippen molar-refractivity contribution in [2.45, 2.75) is 6.54 Å². The first-order valence-corrected chi connectivity index (χ1v) is 9.62. The van der Waals surface area contributed by atoms with Gasteiger partial charge in [-0.1, -0.05) is 60.7 Å². The van der Waals surface area contributed by atoms with E-state index in [1.54, 1.807) is 0 Å². The zero-order chi connectivity index (χ0) is 19.6. The fourth-order valence-electron chi connectivity index (χ4n) is 3.69. The van der Waals surface area contributed by atoms with Crippen LogP contribution in [0.2, 0.25) is 0 Å². The Balaban J connectivity index is 1.44. The third-order valence-electron chi connectivity index (χ3n) is 5.17. The third-order valence-corrected chi connectivity index (χ3v) is 5.17. The Morgan fingerprint density at radius 3 is 2.45 bits per heavy atom. The summed E-state index contributed by atoms with van der Waals surface area (Å²) in [6.07, 6.45) is 4.01. The minimum absolute atomic E-state index is 0.718. The molecule has 3 aromatic carbocycles. The van der Waals surface area contributed by atoms with E-state index in [9.17, 15) is 0 Å². The van der Waals surface area contributed by atoms with Gasteiger partial charge in [0.15, 0.2) is 0 Å². The third kappa shape index (κ3) is 3.27. The van der Waals surface area contributed by atoms with Gasteiger partial charge in [-0.05, 0) is 23.8 Å². The lowest BCUT2D eigenvalue weighted by molar-refractivity contribution is 0.836. The molecule has 0 saturated heterocycles. The maximum atomic E-state index is 4.60. The number of nitrogens with one attached hydrogen (secondary N) is 1. The molecule has 5 rings (SSSR count). The number of hydrazone groups is 1. The highest BCUT2D eigenvalue weighted by Gasteiger charge is 2.08. The molecule has 0 atom stereocenters. The average Bonchev–Trinajstić information content (AvgIpc) is 3.27. The summed E-state index contributed by atoms with van der Waals surface area (Å²) in [5, 5.41) is 5.65. The quantitative estimate of drug-likeness (QED) is 0.344. The Kier molecular flexibility index (Phi) is 4.33. The molecule has 0 radical (unpaired) electrons. The second kappa shape index (κ2) is 7.28. The molecule has 29 heavy (non-hydrogen) atoms. The standard InChI is InChI=1S/C24H21N5/c1-28-23-14-8-6-12-21(23)26-24(28)27-25-15-19-17-29(16-18-9-3-2-4-10-18)22-13-7-5-11-20(19)22/h2-15,17H,16H2,1H3,(H,26,27)/b25-15-. The summed E-state index contributed by atoms with van der Waals surface area (Å²) >= 11 is 0. The van der Waals surface area contributed by atoms with Gasteiger partial charge < -0.3 is 9.13 Å². The number of fused-ring (bicyclic) bond motifs is 2. The lowest BCUT2D eigenvalue weighted by Crippen LogP contribution is -1.99. The van der Waals surface area contributed by atoms with E-state index in [1.807, 2.05) is 42.1 Å². The molecule has 0 aliphatic heterocycles. The zero-order valence-corrected chi connectivity index (χ0v) is 16.2. The molecular formula is C24H21N5. The topological polar surface area (TPSA) is 47.1 Å². The molecule has 0 fully saturated rings. The molecule has 0 saturated carbocycles. The van der Waals surface area contributed by atoms with Crippen LogP contribution in [0, 0.1) is 0 Å². The molecule has 2 aromatic heterocycles. The smallest absolute Gasteiger partial charge is 0.224 e. The van der Waals surface area contributed by atoms with Crippen molar-refractivity contribution < 1.29 is 0 Å². The number of anilines is 1. The van der Waals surface area contributed by atoms with Gasteiger partial charge in [-0.25, -0.2) is 10.4 Å². The second-order valence-corrected chi connectivity index (χ2v) is 7.07. The van der Waals surface area contributed by atoms with Crippen LogP contribution in [0.3, 0.4) is 0 Å². The van der Waals surface area contributed by atoms with Crippen LogP contribution in [-0.4, -0.2) is 20.3 Å². The molecule has 0 amide bonds. The molecule has 5 heteroatoms. The minimum atomic E-state index is 0.718. The highest BCUT2D eigenvalue weighted by atomic mass is 15.4. The summed E-state index contributed by atoms with van der Waals surface area (Å²) in [7, 11) is 1.99. The number of aryl methyl sites for hydroxylation is 1. The molecule has 0 spiro atoms. The summed E-state index contributed by atoms with van der Waals surface area (Å²) in [4.78, 5) is 4.60. The molecule has 0 aliphatic rings. The van der Waals surface area contributed by atoms with Crippen LogP contribution in [0.25, 0.3) is 21.9 Å². The monoisotopic (exact) mass is 379 g/mol. The lowest BCUT2D eigenvalue weighted by atomic mass is 10.2. The SMILES string of the molecule is Cn1c(N/N=C\c2cn(Cc3ccccc3)c3ccccc23)nc2ccccc21. The Labute approximate surface area is 168 Å². The summed E-state index contributed by atoms with van der Waals surface area (Å²) < 4.78 is 4.27. The number of hydrogen-bond donors (Lipinski definition) is 1. The van der Waals surface area contributed by atoms with Crippen molar-refractivity contribution in [3.05, 3.63) is 96.2 Å². The molecule has 5 aromatic rings. The van der Waals surface area contributed by atoms with Crippen molar-refractivity contribution in [1.29, 1.82) is 0 Å². The van der Waals surface area contributed by atoms with Crippen molar-refractivity contribution in [2.75, 3.05) is 5.43 Å². The summed E-state index contributed by atoms with van der Waals surface area (Å²) in [6.45, 7) is 0.827. The summed E-state index contributed by atoms with van der Waals surface area (Å²) in [5.74, 6) is 0.718. The predicted molar refractivity (Wildman–Crippen MR) is 119 cm³/mol. The predicted octanol–water partition coefficient (Wildman–Crippen LogP) is 5.02. The van der Waals surface area contributed by atoms with Gasteiger partial charge in [0.25, 0.3) is 0 Å². The van der Waals surface area contributed by atoms with Crippen LogP contribution in [0.4, 0.5) is 5.95 Å². The molecule has 0 bridgehead atoms. The van der Waals surface area contributed by atoms with E-state index in [-0.39, 0.29) is 0 Å². The Hall–Kier alpha value is -3.86. The van der Waals surface area contributed by atoms with Gasteiger partial charge in [-0.2, -0.15) is 5.10 Å². The summed E-state index contributed by atoms with van der Waals surface area (Å²) in [5.41, 5.74) is 8.65. The van der Waals surface area contributed by atoms with E-state index in [2.05, 4.69) is 80.9 Å². The fourth-order valence-corrected chi connectivity index (χ4v) is 3.69. The van der Waals surface area contributed by atoms with Gasteiger partial charge in [-0.15, -0.1) is 0 Å². The highest BCUT2D eigenvalue weighted by Crippen LogP contribution is 2.22. The van der Waals surface area contributed by atoms with E-state index >= 15 is 0 Å². The second-order valence-electron chi connectivity index (χ2n) is 7.07. The van der Waals surface area contributed by atoms with Crippen molar-refractivity contribution >= 4 is 34.1 Å². The summed E-state index contributed by atoms with van der Waals surface area (Å²) in [6, 6.07) is 27.0. The van der Waals surface area contributed by atoms with E-state index < -0.39 is 0 Å². The first-order chi connectivity index (χ1) is 14.3. The average molecular weight is 379 g/mol. The van der Waals surface area contributed by atoms with Crippen molar-refractivity contribution in [3.63, 3.8) is 0 Å². The Bertz CT molecular complexity index is 1310. The molecule has 2 heterocycles. The van der Waals surface area contributed by atoms with E-state index in [0.717, 1.165) is 29.1 Å². The maximum absolute atomic E-state index is 4.60. The van der Waals surface area contributed by atoms with Gasteiger partial charge in [-0.3, -0.25) is 0 Å². The van der Waals surface area contributed by atoms with Crippen LogP contribution >= 0.6 is 0 Å². The number of nitrogens with zero attached hydrogens (tertiary/aromatic N) is 4. The van der Waals surface area contributed by atoms with Crippen molar-refractivity contribution in [2.24, 2.45) is 12.1 Å². The Morgan fingerprint density at radius 1 is 0.897 bits per heavy atom. The first kappa shape index (κ1) is 17.3. The van der Waals surface area contributed by atoms with Gasteiger partial charge >= 0.3 is 0 Å². The Morgan fingerprint density at radius 2 is 1.62 bits per heavy atom. The van der Waals surface area contributed by atoms with E-state index in [0.29, 0.717) is 0 Å². The van der Waals surface area contributed by atoms with E-state index in [1.165, 1.54) is 16.5 Å². The first-order valence-electron chi connectivity index (χ1n) is 9.62. The van der Waals surface area contributed by atoms with Crippen LogP contribution in [0.5, 0.6) is 0 Å². The molecule has 0 aliphatic carbocycles. The van der Waals surface area contributed by atoms with Crippen LogP contribution in [0.15, 0.2) is 90.2 Å². The van der Waals surface area contributed by atoms with Crippen LogP contribution < -0.4 is 5.43 Å². The molecule has 5 nitrogen and oxygen atoms in total. The number of para-hydroxylation sites is 3. The molecular weight excluding hydrogens is 358 g/mol. The minimum Gasteiger partial charge on any atom is -0.342 e. The van der Waals surface area contributed by atoms with E-state index in [4.69, 9.17) is 0 Å². The normalized spacial score (nSPS) is 11.6. The van der Waals surface area contributed by atoms with Gasteiger partial charge in [0.05, 0.1) is 17.2 Å². The maximum Gasteiger partial charge on any atom is 0.224 e. The van der Waals surface area contributed by atoms with Crippen molar-refractivity contribution in [1.82, 2.24) is 14.1 Å². The van der Waals surface area contributed by atoms with Gasteiger partial charge in [0.2, 0.25) is 5.95 Å². The molecule has 1 N–H and O–H groups in total. The number of imidazole rings is 1. The number of hydrogen-bond acceptors (Lipinski definition) is 3. The van der Waals surface area contributed by atoms with Gasteiger partial charge in [0.1, 0.15) is 0 Å². The van der Waals surface area contributed by atoms with Crippen molar-refractivity contribution in [3.8, 4) is 0 Å². The molecule has 0 unspecified atom stereocenters. The van der Waals surface area contributed by atoms with Gasteiger partial charge in [0, 0.05) is 36.3 Å². The largest absolute Gasteiger partial charge is 0.342 e. The zero-order valence-electron chi connectivity index (χ0n) is 16.2. The highest BCUT2D eigenvalue weighted by molar-refractivity contribution is 5.99. The number of aromatic nitrogens is 3. The lowest BCUT2D eigenvalue weighted by Gasteiger charge is -2.05.